The zero-order valence-corrected chi connectivity index (χ0v) is 35.0. The summed E-state index contributed by atoms with van der Waals surface area (Å²) in [5, 5.41) is 3.88. The summed E-state index contributed by atoms with van der Waals surface area (Å²) in [5.41, 5.74) is 17.9. The molecule has 0 fully saturated rings. The van der Waals surface area contributed by atoms with Crippen molar-refractivity contribution in [1.82, 2.24) is 4.40 Å². The number of rotatable bonds is 0. The van der Waals surface area contributed by atoms with E-state index in [9.17, 15) is 0 Å². The van der Waals surface area contributed by atoms with Gasteiger partial charge in [-0.1, -0.05) is 121 Å². The van der Waals surface area contributed by atoms with Crippen LogP contribution < -0.4 is 14.4 Å². The van der Waals surface area contributed by atoms with E-state index in [1.165, 1.54) is 22.3 Å². The molecule has 2 aliphatic heterocycles. The zero-order valence-electron chi connectivity index (χ0n) is 35.0. The highest BCUT2D eigenvalue weighted by atomic mass is 16.5. The first-order chi connectivity index (χ1) is 32.6. The van der Waals surface area contributed by atoms with Crippen molar-refractivity contribution < 1.29 is 19.1 Å². The maximum absolute atomic E-state index is 15.4. The number of ether oxygens (including phenoxy) is 2. The number of carbonyl (C=O) groups excluding carboxylic acids is 2. The van der Waals surface area contributed by atoms with Crippen molar-refractivity contribution in [2.75, 3.05) is 4.90 Å². The van der Waals surface area contributed by atoms with Crippen LogP contribution in [0.5, 0.6) is 23.0 Å². The standard InChI is InChI=1S/C60H32N2O4/c63-57-39-27-45-41(25-37(39)49-29-13-1-5-17-33(29)51(57)34-18-6-2-14-30(34)49)53-55-54(60-56-59(53)65-47-23-11-9-21-43(47)61(56)44-22-10-12-24-48(44)66-60)42-26-38-40(28-46(42)62(45)55)58(64)52-35-19-7-3-15-31(35)50(38)32-16-4-8-20-36(32)52/h1-28,49-52H. The fourth-order valence-corrected chi connectivity index (χ4v) is 13.5. The van der Waals surface area contributed by atoms with Gasteiger partial charge in [-0.15, -0.1) is 0 Å². The number of carbonyl (C=O) groups is 2. The number of ketones is 2. The summed E-state index contributed by atoms with van der Waals surface area (Å²) in [4.78, 5) is 33.2. The molecule has 11 aromatic rings. The Balaban J connectivity index is 1.06. The average Bonchev–Trinajstić information content (AvgIpc) is 3.73. The SMILES string of the molecule is O=C1c2cc3c(cc2C2c4ccccc4C1c1ccccc12)c1c2c4c(c5c6cc7c(cc6n3c15)C(=O)C1c3ccccc3C7c3ccccc31)Oc1ccccc1N4c1ccccc1O2. The van der Waals surface area contributed by atoms with E-state index >= 15 is 9.59 Å². The number of nitrogens with zero attached hydrogens (tertiary/aromatic N) is 2. The number of hydrogen-bond donors (Lipinski definition) is 0. The number of hydrogen-bond acceptors (Lipinski definition) is 5. The third kappa shape index (κ3) is 3.76. The van der Waals surface area contributed by atoms with E-state index in [1.807, 2.05) is 24.3 Å². The van der Waals surface area contributed by atoms with Gasteiger partial charge in [0.1, 0.15) is 5.69 Å². The third-order valence-electron chi connectivity index (χ3n) is 15.9. The number of aromatic nitrogens is 1. The van der Waals surface area contributed by atoms with Crippen molar-refractivity contribution in [2.45, 2.75) is 23.7 Å². The number of benzene rings is 9. The summed E-state index contributed by atoms with van der Waals surface area (Å²) in [5.74, 6) is 2.00. The van der Waals surface area contributed by atoms with E-state index in [2.05, 4.69) is 155 Å². The molecule has 4 heterocycles. The fourth-order valence-electron chi connectivity index (χ4n) is 13.5. The van der Waals surface area contributed by atoms with Crippen molar-refractivity contribution in [2.24, 2.45) is 0 Å². The van der Waals surface area contributed by atoms with E-state index < -0.39 is 11.8 Å². The summed E-state index contributed by atoms with van der Waals surface area (Å²) in [6.07, 6.45) is 0. The van der Waals surface area contributed by atoms with Gasteiger partial charge in [0.2, 0.25) is 0 Å². The lowest BCUT2D eigenvalue weighted by molar-refractivity contribution is 0.0966. The van der Waals surface area contributed by atoms with Crippen LogP contribution in [-0.2, 0) is 0 Å². The molecule has 0 spiro atoms. The van der Waals surface area contributed by atoms with Crippen LogP contribution in [-0.4, -0.2) is 16.0 Å². The van der Waals surface area contributed by atoms with E-state index in [0.717, 1.165) is 111 Å². The molecule has 6 aliphatic carbocycles. The van der Waals surface area contributed by atoms with Gasteiger partial charge in [-0.05, 0) is 104 Å². The highest BCUT2D eigenvalue weighted by Crippen LogP contribution is 2.66. The Hall–Kier alpha value is -8.48. The molecular weight excluding hydrogens is 813 g/mol. The fraction of sp³-hybridized carbons (Fsp3) is 0.0667. The molecule has 0 N–H and O–H groups in total. The van der Waals surface area contributed by atoms with Crippen LogP contribution in [0.3, 0.4) is 0 Å². The summed E-state index contributed by atoms with van der Waals surface area (Å²) in [6.45, 7) is 0. The normalized spacial score (nSPS) is 19.5. The molecule has 0 atom stereocenters. The van der Waals surface area contributed by atoms with Gasteiger partial charge in [0.25, 0.3) is 0 Å². The van der Waals surface area contributed by atoms with Gasteiger partial charge < -0.3 is 13.9 Å². The van der Waals surface area contributed by atoms with Gasteiger partial charge >= 0.3 is 0 Å². The molecule has 0 amide bonds. The minimum atomic E-state index is -0.418. The molecular formula is C60H32N2O4. The predicted octanol–water partition coefficient (Wildman–Crippen LogP) is 14.2. The van der Waals surface area contributed by atoms with E-state index in [0.29, 0.717) is 11.5 Å². The van der Waals surface area contributed by atoms with Gasteiger partial charge in [-0.2, -0.15) is 0 Å². The Labute approximate surface area is 376 Å². The molecule has 66 heavy (non-hydrogen) atoms. The van der Waals surface area contributed by atoms with Gasteiger partial charge in [0.15, 0.2) is 34.6 Å². The molecule has 6 heteroatoms. The summed E-state index contributed by atoms with van der Waals surface area (Å²) in [7, 11) is 0. The Kier molecular flexibility index (Phi) is 5.88. The summed E-state index contributed by atoms with van der Waals surface area (Å²) in [6, 6.07) is 59.3. The lowest BCUT2D eigenvalue weighted by Gasteiger charge is -2.38. The van der Waals surface area contributed by atoms with E-state index in [1.54, 1.807) is 0 Å². The second-order valence-electron chi connectivity index (χ2n) is 18.8. The quantitative estimate of drug-likeness (QED) is 0.152. The lowest BCUT2D eigenvalue weighted by atomic mass is 9.72. The van der Waals surface area contributed by atoms with Gasteiger partial charge in [-0.25, -0.2) is 0 Å². The molecule has 0 saturated carbocycles. The Morgan fingerprint density at radius 2 is 0.727 bits per heavy atom. The van der Waals surface area contributed by atoms with Crippen molar-refractivity contribution in [1.29, 1.82) is 0 Å². The lowest BCUT2D eigenvalue weighted by Crippen LogP contribution is -2.20. The molecule has 9 aromatic carbocycles. The zero-order chi connectivity index (χ0) is 42.8. The molecule has 306 valence electrons. The van der Waals surface area contributed by atoms with Gasteiger partial charge in [0.05, 0.1) is 50.5 Å². The van der Waals surface area contributed by atoms with Crippen molar-refractivity contribution in [3.05, 3.63) is 237 Å². The summed E-state index contributed by atoms with van der Waals surface area (Å²) < 4.78 is 16.7. The highest BCUT2D eigenvalue weighted by Gasteiger charge is 2.47. The topological polar surface area (TPSA) is 60.2 Å². The molecule has 0 saturated heterocycles. The van der Waals surface area contributed by atoms with E-state index in [4.69, 9.17) is 9.47 Å². The first-order valence-corrected chi connectivity index (χ1v) is 22.8. The molecule has 2 aromatic heterocycles. The third-order valence-corrected chi connectivity index (χ3v) is 15.9. The second-order valence-corrected chi connectivity index (χ2v) is 18.8. The highest BCUT2D eigenvalue weighted by molar-refractivity contribution is 6.31. The average molecular weight is 845 g/mol. The largest absolute Gasteiger partial charge is 0.452 e. The number of Topliss-reactive ketones (excluding diaryl/α,β-unsaturated/α-hetero) is 2. The maximum Gasteiger partial charge on any atom is 0.175 e. The molecule has 4 bridgehead atoms. The van der Waals surface area contributed by atoms with Crippen LogP contribution >= 0.6 is 0 Å². The van der Waals surface area contributed by atoms with Crippen LogP contribution in [0.15, 0.2) is 170 Å². The van der Waals surface area contributed by atoms with Crippen LogP contribution in [0, 0.1) is 0 Å². The minimum absolute atomic E-state index is 0.100. The number of anilines is 3. The molecule has 0 radical (unpaired) electrons. The number of para-hydroxylation sites is 4. The van der Waals surface area contributed by atoms with Crippen LogP contribution in [0.1, 0.15) is 100 Å². The smallest absolute Gasteiger partial charge is 0.175 e. The van der Waals surface area contributed by atoms with Crippen molar-refractivity contribution in [3.8, 4) is 23.0 Å². The first kappa shape index (κ1) is 34.0. The second kappa shape index (κ2) is 11.4. The van der Waals surface area contributed by atoms with E-state index in [-0.39, 0.29) is 23.4 Å². The van der Waals surface area contributed by atoms with Gasteiger partial charge in [-0.3, -0.25) is 14.5 Å². The van der Waals surface area contributed by atoms with Crippen molar-refractivity contribution >= 4 is 66.7 Å². The molecule has 8 aliphatic rings. The summed E-state index contributed by atoms with van der Waals surface area (Å²) >= 11 is 0. The van der Waals surface area contributed by atoms with Crippen LogP contribution in [0.25, 0.3) is 38.1 Å². The van der Waals surface area contributed by atoms with Crippen LogP contribution in [0.4, 0.5) is 17.1 Å². The first-order valence-electron chi connectivity index (χ1n) is 22.8. The monoisotopic (exact) mass is 844 g/mol. The number of fused-ring (bicyclic) bond motifs is 12. The molecule has 0 unspecified atom stereocenters. The predicted molar refractivity (Wildman–Crippen MR) is 256 cm³/mol. The molecule has 19 rings (SSSR count). The van der Waals surface area contributed by atoms with Crippen LogP contribution in [0.2, 0.25) is 0 Å². The Morgan fingerprint density at radius 3 is 1.12 bits per heavy atom. The minimum Gasteiger partial charge on any atom is -0.452 e. The van der Waals surface area contributed by atoms with Crippen molar-refractivity contribution in [3.63, 3.8) is 0 Å². The Bertz CT molecular complexity index is 3800. The van der Waals surface area contributed by atoms with Gasteiger partial charge in [0, 0.05) is 33.7 Å². The Morgan fingerprint density at radius 1 is 0.379 bits per heavy atom. The molecule has 6 nitrogen and oxygen atoms in total. The maximum atomic E-state index is 15.4.